The number of nitro groups is 1. The molecule has 8 nitrogen and oxygen atoms in total. The molecular weight excluding hydrogens is 300 g/mol. The zero-order valence-electron chi connectivity index (χ0n) is 11.8. The van der Waals surface area contributed by atoms with E-state index in [0.29, 0.717) is 18.3 Å². The van der Waals surface area contributed by atoms with Gasteiger partial charge in [0.1, 0.15) is 5.15 Å². The fourth-order valence-electron chi connectivity index (χ4n) is 1.49. The summed E-state index contributed by atoms with van der Waals surface area (Å²) in [7, 11) is 1.47. The van der Waals surface area contributed by atoms with E-state index < -0.39 is 11.0 Å². The predicted octanol–water partition coefficient (Wildman–Crippen LogP) is 1.47. The first-order valence-electron chi connectivity index (χ1n) is 6.27. The Morgan fingerprint density at radius 3 is 2.86 bits per heavy atom. The molecule has 1 heterocycles. The Morgan fingerprint density at radius 2 is 2.33 bits per heavy atom. The van der Waals surface area contributed by atoms with Crippen molar-refractivity contribution < 1.29 is 14.7 Å². The van der Waals surface area contributed by atoms with Crippen molar-refractivity contribution >= 4 is 17.4 Å². The van der Waals surface area contributed by atoms with E-state index in [-0.39, 0.29) is 12.4 Å². The molecule has 0 amide bonds. The topological polar surface area (TPSA) is 98.9 Å². The molecular formula is C12H17ClN4O4. The van der Waals surface area contributed by atoms with E-state index in [0.717, 1.165) is 5.56 Å². The van der Waals surface area contributed by atoms with Crippen LogP contribution >= 0.6 is 11.6 Å². The molecule has 0 fully saturated rings. The van der Waals surface area contributed by atoms with Crippen LogP contribution in [0.15, 0.2) is 23.3 Å². The first kappa shape index (κ1) is 17.3. The molecule has 0 aliphatic rings. The van der Waals surface area contributed by atoms with Crippen LogP contribution in [0.4, 0.5) is 0 Å². The third-order valence-electron chi connectivity index (χ3n) is 2.50. The average Bonchev–Trinajstić information content (AvgIpc) is 2.47. The predicted molar refractivity (Wildman–Crippen MR) is 77.8 cm³/mol. The molecule has 0 spiro atoms. The van der Waals surface area contributed by atoms with Crippen LogP contribution in [0.1, 0.15) is 12.5 Å². The molecule has 116 valence electrons. The second kappa shape index (κ2) is 9.22. The zero-order chi connectivity index (χ0) is 15.7. The molecule has 0 aromatic carbocycles. The largest absolute Gasteiger partial charge is 0.364 e. The molecule has 1 atom stereocenters. The van der Waals surface area contributed by atoms with E-state index >= 15 is 0 Å². The van der Waals surface area contributed by atoms with Crippen molar-refractivity contribution in [1.29, 1.82) is 0 Å². The monoisotopic (exact) mass is 316 g/mol. The summed E-state index contributed by atoms with van der Waals surface area (Å²) in [6.45, 7) is 2.16. The van der Waals surface area contributed by atoms with E-state index in [4.69, 9.17) is 16.5 Å². The van der Waals surface area contributed by atoms with Gasteiger partial charge in [0, 0.05) is 24.7 Å². The number of nitrogens with one attached hydrogen (secondary N) is 1. The number of nitrogens with zero attached hydrogens (tertiary/aromatic N) is 3. The fourth-order valence-corrected chi connectivity index (χ4v) is 1.60. The van der Waals surface area contributed by atoms with Gasteiger partial charge in [-0.1, -0.05) is 17.7 Å². The molecule has 1 unspecified atom stereocenters. The smallest absolute Gasteiger partial charge is 0.294 e. The second-order valence-electron chi connectivity index (χ2n) is 3.94. The first-order chi connectivity index (χ1) is 10.1. The number of pyridine rings is 1. The van der Waals surface area contributed by atoms with Crippen LogP contribution < -0.4 is 5.32 Å². The Bertz CT molecular complexity index is 481. The van der Waals surface area contributed by atoms with Gasteiger partial charge < -0.3 is 5.32 Å². The summed E-state index contributed by atoms with van der Waals surface area (Å²) in [4.78, 5) is 27.9. The van der Waals surface area contributed by atoms with Crippen molar-refractivity contribution in [2.24, 2.45) is 4.99 Å². The van der Waals surface area contributed by atoms with E-state index in [9.17, 15) is 10.1 Å². The Hall–Kier alpha value is -1.77. The molecule has 0 saturated carbocycles. The molecule has 1 aromatic heterocycles. The maximum absolute atomic E-state index is 11.1. The number of amidine groups is 1. The van der Waals surface area contributed by atoms with Gasteiger partial charge in [-0.2, -0.15) is 0 Å². The van der Waals surface area contributed by atoms with Crippen molar-refractivity contribution in [1.82, 2.24) is 10.3 Å². The molecule has 0 bridgehead atoms. The van der Waals surface area contributed by atoms with Crippen molar-refractivity contribution in [3.05, 3.63) is 39.2 Å². The lowest BCUT2D eigenvalue weighted by atomic mass is 10.2. The molecule has 0 saturated heterocycles. The molecule has 21 heavy (non-hydrogen) atoms. The highest BCUT2D eigenvalue weighted by Crippen LogP contribution is 2.05. The third kappa shape index (κ3) is 6.03. The molecule has 0 radical (unpaired) electrons. The number of aromatic nitrogens is 1. The quantitative estimate of drug-likeness (QED) is 0.148. The van der Waals surface area contributed by atoms with E-state index in [1.165, 1.54) is 7.05 Å². The van der Waals surface area contributed by atoms with E-state index in [1.54, 1.807) is 25.3 Å². The van der Waals surface area contributed by atoms with E-state index in [1.807, 2.05) is 0 Å². The molecule has 1 N–H and O–H groups in total. The number of hydrogen-bond donors (Lipinski definition) is 1. The van der Waals surface area contributed by atoms with Gasteiger partial charge in [0.25, 0.3) is 6.04 Å². The first-order valence-corrected chi connectivity index (χ1v) is 6.65. The van der Waals surface area contributed by atoms with Crippen molar-refractivity contribution in [3.63, 3.8) is 0 Å². The molecule has 0 aliphatic heterocycles. The number of aliphatic imine (C=N–C) groups is 1. The van der Waals surface area contributed by atoms with Gasteiger partial charge in [-0.25, -0.2) is 14.8 Å². The van der Waals surface area contributed by atoms with Gasteiger partial charge in [0.15, 0.2) is 12.4 Å². The maximum Gasteiger partial charge on any atom is 0.294 e. The van der Waals surface area contributed by atoms with Crippen molar-refractivity contribution in [2.75, 3.05) is 20.3 Å². The standard InChI is InChI=1S/C12H17ClN4O4/c1-3-20-21-8-10(17(18)19)12(14-2)16-7-9-4-5-11(13)15-6-9/h4-6,10H,3,7-8H2,1-2H3,(H,14,16). The van der Waals surface area contributed by atoms with Gasteiger partial charge in [0.2, 0.25) is 0 Å². The van der Waals surface area contributed by atoms with Gasteiger partial charge in [-0.05, 0) is 18.6 Å². The summed E-state index contributed by atoms with van der Waals surface area (Å²) in [5, 5.41) is 14.4. The highest BCUT2D eigenvalue weighted by Gasteiger charge is 2.27. The van der Waals surface area contributed by atoms with Crippen LogP contribution in [-0.2, 0) is 16.3 Å². The summed E-state index contributed by atoms with van der Waals surface area (Å²) in [6.07, 6.45) is 1.58. The lowest BCUT2D eigenvalue weighted by molar-refractivity contribution is -0.517. The molecule has 0 aliphatic carbocycles. The van der Waals surface area contributed by atoms with Gasteiger partial charge in [0.05, 0.1) is 6.61 Å². The Balaban J connectivity index is 2.62. The van der Waals surface area contributed by atoms with Gasteiger partial charge >= 0.3 is 0 Å². The summed E-state index contributed by atoms with van der Waals surface area (Å²) < 4.78 is 0. The number of hydrogen-bond acceptors (Lipinski definition) is 6. The van der Waals surface area contributed by atoms with Crippen LogP contribution in [-0.4, -0.2) is 42.0 Å². The highest BCUT2D eigenvalue weighted by atomic mass is 35.5. The fraction of sp³-hybridized carbons (Fsp3) is 0.500. The van der Waals surface area contributed by atoms with Crippen LogP contribution in [0.2, 0.25) is 5.15 Å². The summed E-state index contributed by atoms with van der Waals surface area (Å²) >= 11 is 5.69. The Kier molecular flexibility index (Phi) is 7.59. The lowest BCUT2D eigenvalue weighted by Gasteiger charge is -2.13. The summed E-state index contributed by atoms with van der Waals surface area (Å²) in [5.74, 6) is 0.203. The maximum atomic E-state index is 11.1. The van der Waals surface area contributed by atoms with Crippen molar-refractivity contribution in [2.45, 2.75) is 19.5 Å². The average molecular weight is 317 g/mol. The van der Waals surface area contributed by atoms with Crippen LogP contribution in [0.3, 0.4) is 0 Å². The molecule has 9 heteroatoms. The van der Waals surface area contributed by atoms with Gasteiger partial charge in [-0.3, -0.25) is 15.1 Å². The molecule has 1 aromatic rings. The Morgan fingerprint density at radius 1 is 1.57 bits per heavy atom. The lowest BCUT2D eigenvalue weighted by Crippen LogP contribution is -2.42. The number of halogens is 1. The second-order valence-corrected chi connectivity index (χ2v) is 4.33. The van der Waals surface area contributed by atoms with E-state index in [2.05, 4.69) is 20.2 Å². The highest BCUT2D eigenvalue weighted by molar-refractivity contribution is 6.29. The number of rotatable bonds is 8. The van der Waals surface area contributed by atoms with Gasteiger partial charge in [-0.15, -0.1) is 0 Å². The third-order valence-corrected chi connectivity index (χ3v) is 2.72. The van der Waals surface area contributed by atoms with Crippen molar-refractivity contribution in [3.8, 4) is 0 Å². The SMILES string of the molecule is CCOOCC(C(=NC)NCc1ccc(Cl)nc1)[N+](=O)[O-]. The van der Waals surface area contributed by atoms with Crippen LogP contribution in [0.5, 0.6) is 0 Å². The molecule has 1 rings (SSSR count). The summed E-state index contributed by atoms with van der Waals surface area (Å²) in [5.41, 5.74) is 0.827. The zero-order valence-corrected chi connectivity index (χ0v) is 12.5. The minimum Gasteiger partial charge on any atom is -0.364 e. The van der Waals surface area contributed by atoms with Crippen LogP contribution in [0, 0.1) is 10.1 Å². The summed E-state index contributed by atoms with van der Waals surface area (Å²) in [6, 6.07) is 2.29. The van der Waals surface area contributed by atoms with Crippen LogP contribution in [0.25, 0.3) is 0 Å². The Labute approximate surface area is 127 Å². The minimum atomic E-state index is -1.12. The minimum absolute atomic E-state index is 0.203. The normalized spacial score (nSPS) is 13.0.